The topological polar surface area (TPSA) is 90.5 Å². The van der Waals surface area contributed by atoms with Crippen LogP contribution in [0.25, 0.3) is 0 Å². The van der Waals surface area contributed by atoms with Crippen molar-refractivity contribution in [2.45, 2.75) is 26.2 Å². The van der Waals surface area contributed by atoms with Gasteiger partial charge in [0.15, 0.2) is 0 Å². The quantitative estimate of drug-likeness (QED) is 0.543. The van der Waals surface area contributed by atoms with Crippen LogP contribution in [0.1, 0.15) is 35.7 Å². The van der Waals surface area contributed by atoms with E-state index in [-0.39, 0.29) is 36.0 Å². The normalized spacial score (nSPS) is 14.5. The first-order valence-corrected chi connectivity index (χ1v) is 11.4. The first-order chi connectivity index (χ1) is 16.0. The number of anilines is 1. The molecule has 1 fully saturated rings. The van der Waals surface area contributed by atoms with Crippen LogP contribution in [0.2, 0.25) is 0 Å². The van der Waals surface area contributed by atoms with Gasteiger partial charge in [-0.2, -0.15) is 0 Å². The maximum absolute atomic E-state index is 13.7. The SMILES string of the molecule is CCNC(=O)c1cccc(NC(=O)CN2CCC(C(=O)NCCc3ccccc3F)CC2)c1. The first kappa shape index (κ1) is 24.4. The van der Waals surface area contributed by atoms with Crippen LogP contribution in [-0.4, -0.2) is 55.3 Å². The molecule has 1 saturated heterocycles. The molecule has 3 N–H and O–H groups in total. The summed E-state index contributed by atoms with van der Waals surface area (Å²) in [4.78, 5) is 38.9. The maximum atomic E-state index is 13.7. The number of likely N-dealkylation sites (tertiary alicyclic amines) is 1. The van der Waals surface area contributed by atoms with Crippen LogP contribution in [0.5, 0.6) is 0 Å². The zero-order valence-electron chi connectivity index (χ0n) is 18.9. The summed E-state index contributed by atoms with van der Waals surface area (Å²) in [6.07, 6.45) is 1.80. The van der Waals surface area contributed by atoms with E-state index in [1.807, 2.05) is 11.8 Å². The van der Waals surface area contributed by atoms with Crippen molar-refractivity contribution in [3.05, 3.63) is 65.5 Å². The molecule has 0 aliphatic carbocycles. The third-order valence-electron chi connectivity index (χ3n) is 5.72. The summed E-state index contributed by atoms with van der Waals surface area (Å²) in [5, 5.41) is 8.48. The van der Waals surface area contributed by atoms with Gasteiger partial charge in [-0.15, -0.1) is 0 Å². The Balaban J connectivity index is 1.38. The molecule has 0 atom stereocenters. The molecular formula is C25H31FN4O3. The second kappa shape index (κ2) is 12.1. The molecule has 1 heterocycles. The van der Waals surface area contributed by atoms with Crippen LogP contribution >= 0.6 is 0 Å². The van der Waals surface area contributed by atoms with E-state index in [1.165, 1.54) is 6.07 Å². The summed E-state index contributed by atoms with van der Waals surface area (Å²) in [6, 6.07) is 13.4. The van der Waals surface area contributed by atoms with Crippen molar-refractivity contribution in [3.63, 3.8) is 0 Å². The second-order valence-electron chi connectivity index (χ2n) is 8.17. The minimum atomic E-state index is -0.255. The summed E-state index contributed by atoms with van der Waals surface area (Å²) in [5.41, 5.74) is 1.67. The molecule has 2 aromatic carbocycles. The molecule has 0 bridgehead atoms. The fraction of sp³-hybridized carbons (Fsp3) is 0.400. The molecule has 176 valence electrons. The monoisotopic (exact) mass is 454 g/mol. The Morgan fingerprint density at radius 3 is 2.52 bits per heavy atom. The van der Waals surface area contributed by atoms with Gasteiger partial charge in [-0.05, 0) is 69.1 Å². The molecule has 1 aliphatic rings. The van der Waals surface area contributed by atoms with Gasteiger partial charge < -0.3 is 16.0 Å². The largest absolute Gasteiger partial charge is 0.356 e. The van der Waals surface area contributed by atoms with Crippen LogP contribution in [0.3, 0.4) is 0 Å². The van der Waals surface area contributed by atoms with Gasteiger partial charge in [0, 0.05) is 30.3 Å². The van der Waals surface area contributed by atoms with Crippen molar-refractivity contribution in [2.75, 3.05) is 38.0 Å². The lowest BCUT2D eigenvalue weighted by atomic mass is 9.96. The lowest BCUT2D eigenvalue weighted by Gasteiger charge is -2.30. The first-order valence-electron chi connectivity index (χ1n) is 11.4. The highest BCUT2D eigenvalue weighted by molar-refractivity contribution is 5.97. The number of hydrogen-bond donors (Lipinski definition) is 3. The highest BCUT2D eigenvalue weighted by Crippen LogP contribution is 2.18. The third kappa shape index (κ3) is 7.39. The van der Waals surface area contributed by atoms with Gasteiger partial charge >= 0.3 is 0 Å². The number of carbonyl (C=O) groups excluding carboxylic acids is 3. The predicted molar refractivity (Wildman–Crippen MR) is 125 cm³/mol. The molecule has 33 heavy (non-hydrogen) atoms. The fourth-order valence-electron chi connectivity index (χ4n) is 3.92. The minimum Gasteiger partial charge on any atom is -0.356 e. The number of hydrogen-bond acceptors (Lipinski definition) is 4. The molecule has 0 aromatic heterocycles. The van der Waals surface area contributed by atoms with Crippen molar-refractivity contribution in [2.24, 2.45) is 5.92 Å². The van der Waals surface area contributed by atoms with E-state index in [2.05, 4.69) is 16.0 Å². The standard InChI is InChI=1S/C25H31FN4O3/c1-2-27-25(33)20-7-5-8-21(16-20)29-23(31)17-30-14-11-19(12-15-30)24(32)28-13-10-18-6-3-4-9-22(18)26/h3-9,16,19H,2,10-15,17H2,1H3,(H,27,33)(H,28,32)(H,29,31). The van der Waals surface area contributed by atoms with Gasteiger partial charge in [-0.3, -0.25) is 19.3 Å². The Morgan fingerprint density at radius 1 is 1.03 bits per heavy atom. The lowest BCUT2D eigenvalue weighted by molar-refractivity contribution is -0.126. The van der Waals surface area contributed by atoms with E-state index in [0.29, 0.717) is 62.3 Å². The molecule has 3 amide bonds. The highest BCUT2D eigenvalue weighted by Gasteiger charge is 2.25. The van der Waals surface area contributed by atoms with Crippen LogP contribution in [0.15, 0.2) is 48.5 Å². The van der Waals surface area contributed by atoms with E-state index in [9.17, 15) is 18.8 Å². The molecule has 0 spiro atoms. The minimum absolute atomic E-state index is 0.0161. The number of amides is 3. The van der Waals surface area contributed by atoms with E-state index >= 15 is 0 Å². The van der Waals surface area contributed by atoms with Gasteiger partial charge in [0.25, 0.3) is 5.91 Å². The summed E-state index contributed by atoms with van der Waals surface area (Å²) >= 11 is 0. The van der Waals surface area contributed by atoms with Gasteiger partial charge in [0.2, 0.25) is 11.8 Å². The van der Waals surface area contributed by atoms with Crippen molar-refractivity contribution in [1.82, 2.24) is 15.5 Å². The number of benzene rings is 2. The Hall–Kier alpha value is -3.26. The lowest BCUT2D eigenvalue weighted by Crippen LogP contribution is -2.43. The summed E-state index contributed by atoms with van der Waals surface area (Å²) in [5.74, 6) is -0.704. The highest BCUT2D eigenvalue weighted by atomic mass is 19.1. The molecule has 1 aliphatic heterocycles. The van der Waals surface area contributed by atoms with Crippen LogP contribution in [-0.2, 0) is 16.0 Å². The van der Waals surface area contributed by atoms with Crippen molar-refractivity contribution >= 4 is 23.4 Å². The van der Waals surface area contributed by atoms with Crippen LogP contribution in [0.4, 0.5) is 10.1 Å². The maximum Gasteiger partial charge on any atom is 0.251 e. The molecule has 0 saturated carbocycles. The van der Waals surface area contributed by atoms with E-state index in [4.69, 9.17) is 0 Å². The Bertz CT molecular complexity index is 974. The molecule has 2 aromatic rings. The molecular weight excluding hydrogens is 423 g/mol. The van der Waals surface area contributed by atoms with E-state index in [1.54, 1.807) is 42.5 Å². The van der Waals surface area contributed by atoms with Gasteiger partial charge in [-0.25, -0.2) is 4.39 Å². The van der Waals surface area contributed by atoms with Gasteiger partial charge in [0.05, 0.1) is 6.54 Å². The van der Waals surface area contributed by atoms with Crippen LogP contribution < -0.4 is 16.0 Å². The van der Waals surface area contributed by atoms with Crippen molar-refractivity contribution < 1.29 is 18.8 Å². The fourth-order valence-corrected chi connectivity index (χ4v) is 3.92. The number of carbonyl (C=O) groups is 3. The van der Waals surface area contributed by atoms with E-state index < -0.39 is 0 Å². The Morgan fingerprint density at radius 2 is 1.79 bits per heavy atom. The molecule has 3 rings (SSSR count). The second-order valence-corrected chi connectivity index (χ2v) is 8.17. The number of rotatable bonds is 9. The summed E-state index contributed by atoms with van der Waals surface area (Å²) < 4.78 is 13.7. The average Bonchev–Trinajstić information content (AvgIpc) is 2.81. The Labute approximate surface area is 193 Å². The summed E-state index contributed by atoms with van der Waals surface area (Å²) in [6.45, 7) is 4.32. The van der Waals surface area contributed by atoms with Gasteiger partial charge in [0.1, 0.15) is 5.82 Å². The summed E-state index contributed by atoms with van der Waals surface area (Å²) in [7, 11) is 0. The van der Waals surface area contributed by atoms with Gasteiger partial charge in [-0.1, -0.05) is 24.3 Å². The van der Waals surface area contributed by atoms with E-state index in [0.717, 1.165) is 0 Å². The molecule has 7 nitrogen and oxygen atoms in total. The zero-order chi connectivity index (χ0) is 23.6. The Kier molecular flexibility index (Phi) is 8.95. The van der Waals surface area contributed by atoms with Crippen LogP contribution in [0, 0.1) is 11.7 Å². The average molecular weight is 455 g/mol. The predicted octanol–water partition coefficient (Wildman–Crippen LogP) is 2.58. The zero-order valence-corrected chi connectivity index (χ0v) is 18.9. The number of piperidine rings is 1. The number of nitrogens with one attached hydrogen (secondary N) is 3. The number of halogens is 1. The molecule has 0 unspecified atom stereocenters. The van der Waals surface area contributed by atoms with Crippen molar-refractivity contribution in [3.8, 4) is 0 Å². The third-order valence-corrected chi connectivity index (χ3v) is 5.72. The number of nitrogens with zero attached hydrogens (tertiary/aromatic N) is 1. The smallest absolute Gasteiger partial charge is 0.251 e. The molecule has 0 radical (unpaired) electrons. The molecule has 8 heteroatoms. The van der Waals surface area contributed by atoms with Crippen molar-refractivity contribution in [1.29, 1.82) is 0 Å².